The van der Waals surface area contributed by atoms with Crippen LogP contribution in [-0.2, 0) is 15.9 Å². The van der Waals surface area contributed by atoms with Gasteiger partial charge in [-0.25, -0.2) is 8.42 Å². The first-order valence-electron chi connectivity index (χ1n) is 6.17. The molecule has 0 saturated heterocycles. The molecule has 0 radical (unpaired) electrons. The van der Waals surface area contributed by atoms with Gasteiger partial charge in [0.05, 0.1) is 7.11 Å². The van der Waals surface area contributed by atoms with Gasteiger partial charge in [-0.1, -0.05) is 6.07 Å². The molecule has 114 valence electrons. The number of ether oxygens (including phenoxy) is 1. The summed E-state index contributed by atoms with van der Waals surface area (Å²) in [4.78, 5) is 2.09. The molecule has 0 spiro atoms. The van der Waals surface area contributed by atoms with E-state index in [4.69, 9.17) is 16.3 Å². The van der Waals surface area contributed by atoms with Crippen molar-refractivity contribution in [1.29, 1.82) is 0 Å². The zero-order valence-electron chi connectivity index (χ0n) is 12.3. The first kappa shape index (κ1) is 17.2. The highest BCUT2D eigenvalue weighted by atomic mass is 35.5. The average molecular weight is 321 g/mol. The van der Waals surface area contributed by atoms with E-state index >= 15 is 0 Å². The predicted molar refractivity (Wildman–Crippen MR) is 80.9 cm³/mol. The molecule has 1 aromatic carbocycles. The first-order chi connectivity index (χ1) is 9.32. The minimum absolute atomic E-state index is 0.162. The van der Waals surface area contributed by atoms with Gasteiger partial charge in [0.2, 0.25) is 10.0 Å². The Balaban J connectivity index is 3.08. The van der Waals surface area contributed by atoms with Crippen LogP contribution < -0.4 is 4.74 Å². The highest BCUT2D eigenvalue weighted by Gasteiger charge is 2.24. The molecule has 1 rings (SSSR count). The lowest BCUT2D eigenvalue weighted by Gasteiger charge is -2.20. The zero-order valence-corrected chi connectivity index (χ0v) is 13.8. The summed E-state index contributed by atoms with van der Waals surface area (Å²) in [6, 6.07) is 4.89. The van der Waals surface area contributed by atoms with Crippen LogP contribution in [0.5, 0.6) is 5.75 Å². The number of methoxy groups -OCH3 is 1. The lowest BCUT2D eigenvalue weighted by molar-refractivity contribution is 0.356. The van der Waals surface area contributed by atoms with Gasteiger partial charge < -0.3 is 9.64 Å². The topological polar surface area (TPSA) is 49.9 Å². The fourth-order valence-electron chi connectivity index (χ4n) is 1.64. The molecular weight excluding hydrogens is 300 g/mol. The molecule has 0 aromatic heterocycles. The van der Waals surface area contributed by atoms with Gasteiger partial charge in [0, 0.05) is 26.0 Å². The first-order valence-corrected chi connectivity index (χ1v) is 8.14. The monoisotopic (exact) mass is 320 g/mol. The molecule has 0 amide bonds. The van der Waals surface area contributed by atoms with Gasteiger partial charge >= 0.3 is 0 Å². The maximum atomic E-state index is 12.5. The summed E-state index contributed by atoms with van der Waals surface area (Å²) in [6.45, 7) is 1.06. The van der Waals surface area contributed by atoms with E-state index in [1.165, 1.54) is 17.5 Å². The quantitative estimate of drug-likeness (QED) is 0.716. The van der Waals surface area contributed by atoms with Crippen molar-refractivity contribution < 1.29 is 13.2 Å². The molecule has 7 heteroatoms. The SMILES string of the molecule is COc1cc(CCl)ccc1S(=O)(=O)N(C)CCN(C)C. The van der Waals surface area contributed by atoms with E-state index in [2.05, 4.69) is 0 Å². The molecular formula is C13H21ClN2O3S. The smallest absolute Gasteiger partial charge is 0.246 e. The molecule has 0 atom stereocenters. The van der Waals surface area contributed by atoms with Gasteiger partial charge in [-0.2, -0.15) is 4.31 Å². The number of alkyl halides is 1. The van der Waals surface area contributed by atoms with Crippen LogP contribution in [-0.4, -0.2) is 59.0 Å². The van der Waals surface area contributed by atoms with Crippen molar-refractivity contribution in [1.82, 2.24) is 9.21 Å². The number of halogens is 1. The summed E-state index contributed by atoms with van der Waals surface area (Å²) in [7, 11) is 3.25. The van der Waals surface area contributed by atoms with Gasteiger partial charge in [-0.05, 0) is 31.8 Å². The minimum Gasteiger partial charge on any atom is -0.495 e. The third-order valence-corrected chi connectivity index (χ3v) is 5.14. The summed E-state index contributed by atoms with van der Waals surface area (Å²) >= 11 is 5.75. The normalized spacial score (nSPS) is 12.2. The largest absolute Gasteiger partial charge is 0.495 e. The number of rotatable bonds is 7. The molecule has 0 aliphatic rings. The van der Waals surface area contributed by atoms with Crippen LogP contribution >= 0.6 is 11.6 Å². The summed E-state index contributed by atoms with van der Waals surface area (Å²) in [5.41, 5.74) is 0.818. The zero-order chi connectivity index (χ0) is 15.3. The average Bonchev–Trinajstić information content (AvgIpc) is 2.43. The summed E-state index contributed by atoms with van der Waals surface area (Å²) < 4.78 is 31.5. The van der Waals surface area contributed by atoms with Crippen LogP contribution in [0.3, 0.4) is 0 Å². The highest BCUT2D eigenvalue weighted by molar-refractivity contribution is 7.89. The van der Waals surface area contributed by atoms with Crippen LogP contribution in [0.15, 0.2) is 23.1 Å². The number of sulfonamides is 1. The summed E-state index contributed by atoms with van der Waals surface area (Å²) in [6.07, 6.45) is 0. The molecule has 20 heavy (non-hydrogen) atoms. The van der Waals surface area contributed by atoms with E-state index in [1.54, 1.807) is 19.2 Å². The van der Waals surface area contributed by atoms with Crippen molar-refractivity contribution in [3.8, 4) is 5.75 Å². The second kappa shape index (κ2) is 7.26. The van der Waals surface area contributed by atoms with Gasteiger partial charge in [0.15, 0.2) is 0 Å². The Bertz CT molecular complexity index is 547. The number of hydrogen-bond acceptors (Lipinski definition) is 4. The standard InChI is InChI=1S/C13H21ClN2O3S/c1-15(2)7-8-16(3)20(17,18)13-6-5-11(10-14)9-12(13)19-4/h5-6,9H,7-8,10H2,1-4H3. The van der Waals surface area contributed by atoms with Crippen molar-refractivity contribution in [3.63, 3.8) is 0 Å². The number of likely N-dealkylation sites (N-methyl/N-ethyl adjacent to an activating group) is 2. The minimum atomic E-state index is -3.56. The van der Waals surface area contributed by atoms with Crippen molar-refractivity contribution in [2.45, 2.75) is 10.8 Å². The Morgan fingerprint density at radius 3 is 2.35 bits per heavy atom. The van der Waals surface area contributed by atoms with Gasteiger partial charge in [0.25, 0.3) is 0 Å². The number of nitrogens with zero attached hydrogens (tertiary/aromatic N) is 2. The van der Waals surface area contributed by atoms with E-state index in [0.717, 1.165) is 5.56 Å². The van der Waals surface area contributed by atoms with E-state index in [1.807, 2.05) is 19.0 Å². The lowest BCUT2D eigenvalue weighted by atomic mass is 10.2. The number of hydrogen-bond donors (Lipinski definition) is 0. The van der Waals surface area contributed by atoms with Crippen molar-refractivity contribution >= 4 is 21.6 Å². The molecule has 1 aromatic rings. The van der Waals surface area contributed by atoms with Gasteiger partial charge in [-0.3, -0.25) is 0 Å². The molecule has 0 aliphatic carbocycles. The Hall–Kier alpha value is -0.820. The Labute approximate surface area is 126 Å². The van der Waals surface area contributed by atoms with Gasteiger partial charge in [-0.15, -0.1) is 11.6 Å². The molecule has 0 fully saturated rings. The van der Waals surface area contributed by atoms with Crippen LogP contribution in [0.25, 0.3) is 0 Å². The van der Waals surface area contributed by atoms with E-state index in [9.17, 15) is 8.42 Å². The lowest BCUT2D eigenvalue weighted by Crippen LogP contribution is -2.33. The molecule has 0 aliphatic heterocycles. The predicted octanol–water partition coefficient (Wildman–Crippen LogP) is 1.62. The van der Waals surface area contributed by atoms with E-state index < -0.39 is 10.0 Å². The molecule has 0 heterocycles. The molecule has 0 saturated carbocycles. The number of benzene rings is 1. The fourth-order valence-corrected chi connectivity index (χ4v) is 3.10. The van der Waals surface area contributed by atoms with Crippen LogP contribution in [0.2, 0.25) is 0 Å². The Morgan fingerprint density at radius 1 is 1.20 bits per heavy atom. The van der Waals surface area contributed by atoms with E-state index in [0.29, 0.717) is 24.7 Å². The fraction of sp³-hybridized carbons (Fsp3) is 0.538. The second-order valence-corrected chi connectivity index (χ2v) is 7.03. The van der Waals surface area contributed by atoms with Crippen molar-refractivity contribution in [2.75, 3.05) is 41.3 Å². The Kier molecular flexibility index (Phi) is 6.26. The van der Waals surface area contributed by atoms with Crippen LogP contribution in [0, 0.1) is 0 Å². The summed E-state index contributed by atoms with van der Waals surface area (Å²) in [5, 5.41) is 0. The maximum Gasteiger partial charge on any atom is 0.246 e. The van der Waals surface area contributed by atoms with Crippen LogP contribution in [0.1, 0.15) is 5.56 Å². The Morgan fingerprint density at radius 2 is 1.85 bits per heavy atom. The molecule has 0 bridgehead atoms. The van der Waals surface area contributed by atoms with Crippen molar-refractivity contribution in [2.24, 2.45) is 0 Å². The van der Waals surface area contributed by atoms with E-state index in [-0.39, 0.29) is 4.90 Å². The molecule has 0 unspecified atom stereocenters. The third kappa shape index (κ3) is 4.09. The highest BCUT2D eigenvalue weighted by Crippen LogP contribution is 2.27. The summed E-state index contributed by atoms with van der Waals surface area (Å²) in [5.74, 6) is 0.632. The van der Waals surface area contributed by atoms with Gasteiger partial charge in [0.1, 0.15) is 10.6 Å². The third-order valence-electron chi connectivity index (χ3n) is 2.93. The molecule has 0 N–H and O–H groups in total. The second-order valence-electron chi connectivity index (χ2n) is 4.75. The maximum absolute atomic E-state index is 12.5. The van der Waals surface area contributed by atoms with Crippen molar-refractivity contribution in [3.05, 3.63) is 23.8 Å². The van der Waals surface area contributed by atoms with Crippen LogP contribution in [0.4, 0.5) is 0 Å². The molecule has 5 nitrogen and oxygen atoms in total.